The van der Waals surface area contributed by atoms with Gasteiger partial charge in [0.25, 0.3) is 11.8 Å². The van der Waals surface area contributed by atoms with E-state index in [2.05, 4.69) is 4.98 Å². The molecular weight excluding hydrogens is 390 g/mol. The molecule has 2 aliphatic heterocycles. The second kappa shape index (κ2) is 9.69. The SMILES string of the molecule is C[C@@H](OC(=O)c1cccc(C(=O)O[C@H](C)C(=O)N2CCCC2)n1)C(=O)N1CCCC1. The van der Waals surface area contributed by atoms with Gasteiger partial charge in [-0.2, -0.15) is 0 Å². The number of hydrogen-bond donors (Lipinski definition) is 0. The molecule has 0 N–H and O–H groups in total. The van der Waals surface area contributed by atoms with Gasteiger partial charge < -0.3 is 19.3 Å². The lowest BCUT2D eigenvalue weighted by molar-refractivity contribution is -0.139. The van der Waals surface area contributed by atoms with Gasteiger partial charge in [0.05, 0.1) is 0 Å². The van der Waals surface area contributed by atoms with Crippen molar-refractivity contribution in [2.75, 3.05) is 26.2 Å². The van der Waals surface area contributed by atoms with Crippen molar-refractivity contribution in [1.29, 1.82) is 0 Å². The van der Waals surface area contributed by atoms with Crippen LogP contribution in [0.5, 0.6) is 0 Å². The van der Waals surface area contributed by atoms with E-state index in [-0.39, 0.29) is 23.2 Å². The van der Waals surface area contributed by atoms with Gasteiger partial charge >= 0.3 is 11.9 Å². The van der Waals surface area contributed by atoms with E-state index in [4.69, 9.17) is 9.47 Å². The Bertz CT molecular complexity index is 751. The minimum absolute atomic E-state index is 0.107. The molecule has 2 atom stereocenters. The molecule has 0 aliphatic carbocycles. The summed E-state index contributed by atoms with van der Waals surface area (Å²) in [5.41, 5.74) is -0.215. The molecule has 2 saturated heterocycles. The Kier molecular flexibility index (Phi) is 7.02. The molecule has 0 unspecified atom stereocenters. The predicted octanol–water partition coefficient (Wildman–Crippen LogP) is 1.42. The smallest absolute Gasteiger partial charge is 0.357 e. The number of hydrogen-bond acceptors (Lipinski definition) is 7. The van der Waals surface area contributed by atoms with Crippen LogP contribution in [0.15, 0.2) is 18.2 Å². The molecular formula is C21H27N3O6. The Hall–Kier alpha value is -2.97. The molecule has 3 heterocycles. The van der Waals surface area contributed by atoms with E-state index >= 15 is 0 Å². The van der Waals surface area contributed by atoms with Crippen LogP contribution in [0.1, 0.15) is 60.5 Å². The normalized spacial score (nSPS) is 18.1. The molecule has 162 valence electrons. The van der Waals surface area contributed by atoms with E-state index < -0.39 is 24.1 Å². The predicted molar refractivity (Wildman–Crippen MR) is 106 cm³/mol. The zero-order chi connectivity index (χ0) is 21.7. The highest BCUT2D eigenvalue weighted by Crippen LogP contribution is 2.14. The van der Waals surface area contributed by atoms with Crippen LogP contribution in [0.3, 0.4) is 0 Å². The first-order valence-corrected chi connectivity index (χ1v) is 10.3. The van der Waals surface area contributed by atoms with E-state index in [0.29, 0.717) is 26.2 Å². The Balaban J connectivity index is 1.58. The number of aromatic nitrogens is 1. The summed E-state index contributed by atoms with van der Waals surface area (Å²) < 4.78 is 10.5. The summed E-state index contributed by atoms with van der Waals surface area (Å²) in [5.74, 6) is -2.09. The minimum atomic E-state index is -0.939. The number of pyridine rings is 1. The van der Waals surface area contributed by atoms with Crippen LogP contribution in [-0.2, 0) is 19.1 Å². The highest BCUT2D eigenvalue weighted by Gasteiger charge is 2.28. The molecule has 9 heteroatoms. The Morgan fingerprint density at radius 2 is 1.13 bits per heavy atom. The van der Waals surface area contributed by atoms with Crippen LogP contribution in [-0.4, -0.2) is 76.9 Å². The third-order valence-electron chi connectivity index (χ3n) is 5.27. The molecule has 0 saturated carbocycles. The van der Waals surface area contributed by atoms with Crippen molar-refractivity contribution in [2.45, 2.75) is 51.7 Å². The summed E-state index contributed by atoms with van der Waals surface area (Å²) in [6.45, 7) is 5.68. The van der Waals surface area contributed by atoms with Crippen molar-refractivity contribution >= 4 is 23.8 Å². The van der Waals surface area contributed by atoms with E-state index in [9.17, 15) is 19.2 Å². The van der Waals surface area contributed by atoms with Gasteiger partial charge in [-0.25, -0.2) is 14.6 Å². The summed E-state index contributed by atoms with van der Waals surface area (Å²) in [5, 5.41) is 0. The second-order valence-corrected chi connectivity index (χ2v) is 7.57. The van der Waals surface area contributed by atoms with Crippen LogP contribution >= 0.6 is 0 Å². The molecule has 2 aliphatic rings. The number of ether oxygens (including phenoxy) is 2. The third-order valence-corrected chi connectivity index (χ3v) is 5.27. The van der Waals surface area contributed by atoms with Crippen LogP contribution < -0.4 is 0 Å². The molecule has 30 heavy (non-hydrogen) atoms. The van der Waals surface area contributed by atoms with Crippen molar-refractivity contribution in [3.63, 3.8) is 0 Å². The topological polar surface area (TPSA) is 106 Å². The molecule has 9 nitrogen and oxygen atoms in total. The lowest BCUT2D eigenvalue weighted by Crippen LogP contribution is -2.38. The number of esters is 2. The highest BCUT2D eigenvalue weighted by atomic mass is 16.6. The van der Waals surface area contributed by atoms with Gasteiger partial charge in [-0.1, -0.05) is 6.07 Å². The van der Waals surface area contributed by atoms with E-state index in [0.717, 1.165) is 25.7 Å². The molecule has 1 aromatic heterocycles. The zero-order valence-electron chi connectivity index (χ0n) is 17.3. The van der Waals surface area contributed by atoms with Gasteiger partial charge in [0, 0.05) is 26.2 Å². The molecule has 2 fully saturated rings. The number of carbonyl (C=O) groups is 4. The fourth-order valence-corrected chi connectivity index (χ4v) is 3.59. The maximum atomic E-state index is 12.4. The first-order chi connectivity index (χ1) is 14.4. The van der Waals surface area contributed by atoms with Crippen LogP contribution in [0.25, 0.3) is 0 Å². The number of rotatable bonds is 6. The van der Waals surface area contributed by atoms with Gasteiger partial charge in [0.15, 0.2) is 12.2 Å². The maximum Gasteiger partial charge on any atom is 0.357 e. The van der Waals surface area contributed by atoms with Crippen LogP contribution in [0.4, 0.5) is 0 Å². The Labute approximate surface area is 175 Å². The summed E-state index contributed by atoms with van der Waals surface area (Å²) >= 11 is 0. The fraction of sp³-hybridized carbons (Fsp3) is 0.571. The van der Waals surface area contributed by atoms with Crippen molar-refractivity contribution < 1.29 is 28.7 Å². The van der Waals surface area contributed by atoms with E-state index in [1.165, 1.54) is 32.0 Å². The highest BCUT2D eigenvalue weighted by molar-refractivity contribution is 5.94. The van der Waals surface area contributed by atoms with Gasteiger partial charge in [-0.3, -0.25) is 9.59 Å². The third kappa shape index (κ3) is 5.14. The number of likely N-dealkylation sites (tertiary alicyclic amines) is 2. The minimum Gasteiger partial charge on any atom is -0.448 e. The van der Waals surface area contributed by atoms with Crippen molar-refractivity contribution in [1.82, 2.24) is 14.8 Å². The summed E-state index contributed by atoms with van der Waals surface area (Å²) in [6, 6.07) is 4.26. The lowest BCUT2D eigenvalue weighted by Gasteiger charge is -2.20. The molecule has 0 spiro atoms. The van der Waals surface area contributed by atoms with Crippen molar-refractivity contribution in [3.05, 3.63) is 29.6 Å². The summed E-state index contributed by atoms with van der Waals surface area (Å²) in [6.07, 6.45) is 1.89. The van der Waals surface area contributed by atoms with Gasteiger partial charge in [0.1, 0.15) is 11.4 Å². The first-order valence-electron chi connectivity index (χ1n) is 10.3. The fourth-order valence-electron chi connectivity index (χ4n) is 3.59. The first kappa shape index (κ1) is 21.7. The average molecular weight is 417 g/mol. The Morgan fingerprint density at radius 1 is 0.767 bits per heavy atom. The van der Waals surface area contributed by atoms with E-state index in [1.807, 2.05) is 0 Å². The summed E-state index contributed by atoms with van der Waals surface area (Å²) in [7, 11) is 0. The molecule has 2 amide bonds. The maximum absolute atomic E-state index is 12.4. The van der Waals surface area contributed by atoms with Crippen LogP contribution in [0, 0.1) is 0 Å². The molecule has 1 aromatic rings. The average Bonchev–Trinajstić information content (AvgIpc) is 3.46. The zero-order valence-corrected chi connectivity index (χ0v) is 17.3. The largest absolute Gasteiger partial charge is 0.448 e. The van der Waals surface area contributed by atoms with Gasteiger partial charge in [-0.05, 0) is 51.7 Å². The Morgan fingerprint density at radius 3 is 1.50 bits per heavy atom. The number of carbonyl (C=O) groups excluding carboxylic acids is 4. The molecule has 3 rings (SSSR count). The van der Waals surface area contributed by atoms with Crippen molar-refractivity contribution in [3.8, 4) is 0 Å². The van der Waals surface area contributed by atoms with Crippen molar-refractivity contribution in [2.24, 2.45) is 0 Å². The molecule has 0 bridgehead atoms. The van der Waals surface area contributed by atoms with Gasteiger partial charge in [-0.15, -0.1) is 0 Å². The summed E-state index contributed by atoms with van der Waals surface area (Å²) in [4.78, 5) is 56.7. The molecule has 0 aromatic carbocycles. The standard InChI is InChI=1S/C21H27N3O6/c1-14(18(25)23-10-3-4-11-23)29-20(27)16-8-7-9-17(22-16)21(28)30-15(2)19(26)24-12-5-6-13-24/h7-9,14-15H,3-6,10-13H2,1-2H3/t14-,15-/m1/s1. The number of nitrogens with zero attached hydrogens (tertiary/aromatic N) is 3. The monoisotopic (exact) mass is 417 g/mol. The molecule has 0 radical (unpaired) electrons. The van der Waals surface area contributed by atoms with E-state index in [1.54, 1.807) is 9.80 Å². The number of amides is 2. The second-order valence-electron chi connectivity index (χ2n) is 7.57. The van der Waals surface area contributed by atoms with Crippen LogP contribution in [0.2, 0.25) is 0 Å². The lowest BCUT2D eigenvalue weighted by atomic mass is 10.3. The quantitative estimate of drug-likeness (QED) is 0.644. The van der Waals surface area contributed by atoms with Gasteiger partial charge in [0.2, 0.25) is 0 Å².